The minimum atomic E-state index is 0.124. The van der Waals surface area contributed by atoms with Crippen molar-refractivity contribution in [3.8, 4) is 0 Å². The first-order valence-electron chi connectivity index (χ1n) is 6.71. The van der Waals surface area contributed by atoms with E-state index in [1.54, 1.807) is 6.20 Å². The average Bonchev–Trinajstić information content (AvgIpc) is 2.98. The maximum Gasteiger partial charge on any atom is 0.220 e. The second-order valence-corrected chi connectivity index (χ2v) is 5.09. The highest BCUT2D eigenvalue weighted by molar-refractivity contribution is 5.76. The van der Waals surface area contributed by atoms with Crippen LogP contribution in [0.15, 0.2) is 18.5 Å². The number of nitrogens with zero attached hydrogens (tertiary/aromatic N) is 2. The van der Waals surface area contributed by atoms with Gasteiger partial charge in [0.05, 0.1) is 6.54 Å². The Morgan fingerprint density at radius 3 is 3.22 bits per heavy atom. The second-order valence-electron chi connectivity index (χ2n) is 5.09. The number of rotatable bonds is 6. The summed E-state index contributed by atoms with van der Waals surface area (Å²) in [4.78, 5) is 11.8. The summed E-state index contributed by atoms with van der Waals surface area (Å²) in [7, 11) is 0. The van der Waals surface area contributed by atoms with Crippen LogP contribution in [-0.4, -0.2) is 34.8 Å². The van der Waals surface area contributed by atoms with E-state index in [9.17, 15) is 4.79 Å². The number of carbonyl (C=O) groups excluding carboxylic acids is 1. The van der Waals surface area contributed by atoms with E-state index in [1.165, 1.54) is 6.42 Å². The first-order chi connectivity index (χ1) is 8.74. The van der Waals surface area contributed by atoms with Crippen LogP contribution in [-0.2, 0) is 11.3 Å². The fourth-order valence-corrected chi connectivity index (χ4v) is 2.38. The second kappa shape index (κ2) is 6.54. The van der Waals surface area contributed by atoms with Gasteiger partial charge in [-0.1, -0.05) is 0 Å². The van der Waals surface area contributed by atoms with Gasteiger partial charge in [0.25, 0.3) is 0 Å². The molecule has 100 valence electrons. The minimum absolute atomic E-state index is 0.124. The molecule has 1 aromatic heterocycles. The zero-order chi connectivity index (χ0) is 12.8. The molecule has 2 heterocycles. The summed E-state index contributed by atoms with van der Waals surface area (Å²) in [5, 5.41) is 10.5. The van der Waals surface area contributed by atoms with Crippen LogP contribution in [0.25, 0.3) is 0 Å². The van der Waals surface area contributed by atoms with Gasteiger partial charge in [0.2, 0.25) is 5.91 Å². The Hall–Kier alpha value is -1.36. The topological polar surface area (TPSA) is 59.0 Å². The molecule has 2 unspecified atom stereocenters. The van der Waals surface area contributed by atoms with Crippen molar-refractivity contribution in [1.29, 1.82) is 0 Å². The van der Waals surface area contributed by atoms with Crippen molar-refractivity contribution in [2.75, 3.05) is 13.1 Å². The quantitative estimate of drug-likeness (QED) is 0.784. The number of hydrogen-bond donors (Lipinski definition) is 2. The highest BCUT2D eigenvalue weighted by Gasteiger charge is 2.16. The van der Waals surface area contributed by atoms with E-state index < -0.39 is 0 Å². The molecule has 5 nitrogen and oxygen atoms in total. The number of amides is 1. The molecule has 0 radical (unpaired) electrons. The first-order valence-corrected chi connectivity index (χ1v) is 6.71. The molecule has 1 aliphatic rings. The van der Waals surface area contributed by atoms with Crippen LogP contribution < -0.4 is 10.6 Å². The van der Waals surface area contributed by atoms with E-state index in [-0.39, 0.29) is 11.9 Å². The van der Waals surface area contributed by atoms with Crippen molar-refractivity contribution in [2.24, 2.45) is 5.92 Å². The van der Waals surface area contributed by atoms with Gasteiger partial charge in [-0.15, -0.1) is 0 Å². The van der Waals surface area contributed by atoms with Crippen LogP contribution in [0.2, 0.25) is 0 Å². The van der Waals surface area contributed by atoms with Crippen LogP contribution in [0.3, 0.4) is 0 Å². The van der Waals surface area contributed by atoms with Gasteiger partial charge in [0.1, 0.15) is 0 Å². The third-order valence-corrected chi connectivity index (χ3v) is 3.37. The molecule has 1 amide bonds. The van der Waals surface area contributed by atoms with Gasteiger partial charge < -0.3 is 10.6 Å². The lowest BCUT2D eigenvalue weighted by atomic mass is 10.0. The summed E-state index contributed by atoms with van der Waals surface area (Å²) >= 11 is 0. The van der Waals surface area contributed by atoms with Crippen molar-refractivity contribution in [3.63, 3.8) is 0 Å². The van der Waals surface area contributed by atoms with E-state index in [4.69, 9.17) is 0 Å². The third kappa shape index (κ3) is 4.14. The summed E-state index contributed by atoms with van der Waals surface area (Å²) in [6.07, 6.45) is 6.49. The Morgan fingerprint density at radius 2 is 2.56 bits per heavy atom. The minimum Gasteiger partial charge on any atom is -0.352 e. The Kier molecular flexibility index (Phi) is 4.75. The molecular weight excluding hydrogens is 228 g/mol. The van der Waals surface area contributed by atoms with Gasteiger partial charge in [0.15, 0.2) is 0 Å². The molecule has 2 N–H and O–H groups in total. The van der Waals surface area contributed by atoms with Gasteiger partial charge in [-0.2, -0.15) is 5.10 Å². The Balaban J connectivity index is 1.63. The lowest BCUT2D eigenvalue weighted by molar-refractivity contribution is -0.122. The van der Waals surface area contributed by atoms with Crippen molar-refractivity contribution >= 4 is 5.91 Å². The van der Waals surface area contributed by atoms with E-state index in [1.807, 2.05) is 23.9 Å². The van der Waals surface area contributed by atoms with Crippen molar-refractivity contribution in [3.05, 3.63) is 18.5 Å². The maximum atomic E-state index is 11.8. The summed E-state index contributed by atoms with van der Waals surface area (Å²) in [6, 6.07) is 2.01. The SMILES string of the molecule is CC(Cn1cccn1)NC(=O)CCC1CCNC1. The first kappa shape index (κ1) is 13.1. The standard InChI is InChI=1S/C13H22N4O/c1-11(10-17-8-2-6-15-17)16-13(18)4-3-12-5-7-14-9-12/h2,6,8,11-12,14H,3-5,7,9-10H2,1H3,(H,16,18). The van der Waals surface area contributed by atoms with Gasteiger partial charge >= 0.3 is 0 Å². The zero-order valence-corrected chi connectivity index (χ0v) is 10.9. The van der Waals surface area contributed by atoms with Crippen LogP contribution >= 0.6 is 0 Å². The molecule has 2 rings (SSSR count). The lowest BCUT2D eigenvalue weighted by Gasteiger charge is -2.15. The van der Waals surface area contributed by atoms with Crippen molar-refractivity contribution < 1.29 is 4.79 Å². The largest absolute Gasteiger partial charge is 0.352 e. The predicted octanol–water partition coefficient (Wildman–Crippen LogP) is 0.777. The van der Waals surface area contributed by atoms with E-state index in [0.717, 1.165) is 26.1 Å². The molecule has 1 aliphatic heterocycles. The number of aromatic nitrogens is 2. The Bertz CT molecular complexity index is 357. The van der Waals surface area contributed by atoms with E-state index in [2.05, 4.69) is 15.7 Å². The normalized spacial score (nSPS) is 20.8. The average molecular weight is 250 g/mol. The van der Waals surface area contributed by atoms with Crippen LogP contribution in [0, 0.1) is 5.92 Å². The summed E-state index contributed by atoms with van der Waals surface area (Å²) in [5.41, 5.74) is 0. The summed E-state index contributed by atoms with van der Waals surface area (Å²) < 4.78 is 1.84. The molecule has 0 aliphatic carbocycles. The highest BCUT2D eigenvalue weighted by atomic mass is 16.1. The van der Waals surface area contributed by atoms with Gasteiger partial charge in [-0.3, -0.25) is 9.48 Å². The molecule has 0 spiro atoms. The molecule has 5 heteroatoms. The van der Waals surface area contributed by atoms with Gasteiger partial charge in [-0.05, 0) is 44.8 Å². The zero-order valence-electron chi connectivity index (χ0n) is 10.9. The molecule has 1 aromatic rings. The fourth-order valence-electron chi connectivity index (χ4n) is 2.38. The monoisotopic (exact) mass is 250 g/mol. The van der Waals surface area contributed by atoms with Crippen molar-refractivity contribution in [2.45, 2.75) is 38.8 Å². The molecule has 18 heavy (non-hydrogen) atoms. The van der Waals surface area contributed by atoms with Crippen LogP contribution in [0.5, 0.6) is 0 Å². The van der Waals surface area contributed by atoms with Gasteiger partial charge in [0, 0.05) is 24.9 Å². The maximum absolute atomic E-state index is 11.8. The fraction of sp³-hybridized carbons (Fsp3) is 0.692. The van der Waals surface area contributed by atoms with Gasteiger partial charge in [-0.25, -0.2) is 0 Å². The van der Waals surface area contributed by atoms with E-state index in [0.29, 0.717) is 12.3 Å². The predicted molar refractivity (Wildman–Crippen MR) is 70.0 cm³/mol. The smallest absolute Gasteiger partial charge is 0.220 e. The Labute approximate surface area is 108 Å². The third-order valence-electron chi connectivity index (χ3n) is 3.37. The van der Waals surface area contributed by atoms with Crippen LogP contribution in [0.1, 0.15) is 26.2 Å². The number of hydrogen-bond acceptors (Lipinski definition) is 3. The van der Waals surface area contributed by atoms with Crippen molar-refractivity contribution in [1.82, 2.24) is 20.4 Å². The highest BCUT2D eigenvalue weighted by Crippen LogP contribution is 2.13. The number of nitrogens with one attached hydrogen (secondary N) is 2. The molecule has 0 bridgehead atoms. The molecule has 0 aromatic carbocycles. The molecular formula is C13H22N4O. The summed E-state index contributed by atoms with van der Waals surface area (Å²) in [6.45, 7) is 4.90. The Morgan fingerprint density at radius 1 is 1.67 bits per heavy atom. The lowest BCUT2D eigenvalue weighted by Crippen LogP contribution is -2.35. The van der Waals surface area contributed by atoms with Crippen LogP contribution in [0.4, 0.5) is 0 Å². The molecule has 1 fully saturated rings. The van der Waals surface area contributed by atoms with E-state index >= 15 is 0 Å². The molecule has 1 saturated heterocycles. The molecule has 2 atom stereocenters. The molecule has 0 saturated carbocycles. The number of carbonyl (C=O) groups is 1. The summed E-state index contributed by atoms with van der Waals surface area (Å²) in [5.74, 6) is 0.832.